The van der Waals surface area contributed by atoms with Crippen LogP contribution in [0, 0.1) is 0 Å². The summed E-state index contributed by atoms with van der Waals surface area (Å²) in [6.07, 6.45) is 4.30. The molecule has 2 rings (SSSR count). The van der Waals surface area contributed by atoms with Gasteiger partial charge in [-0.3, -0.25) is 0 Å². The van der Waals surface area contributed by atoms with Crippen molar-refractivity contribution in [2.45, 2.75) is 32.7 Å². The second-order valence-electron chi connectivity index (χ2n) is 4.29. The van der Waals surface area contributed by atoms with E-state index >= 15 is 0 Å². The first-order chi connectivity index (χ1) is 8.36. The lowest BCUT2D eigenvalue weighted by atomic mass is 9.97. The molecule has 1 aromatic carbocycles. The van der Waals surface area contributed by atoms with Gasteiger partial charge < -0.3 is 10.1 Å². The summed E-state index contributed by atoms with van der Waals surface area (Å²) in [7, 11) is 0. The van der Waals surface area contributed by atoms with Crippen LogP contribution in [-0.2, 0) is 11.2 Å². The Balaban J connectivity index is 2.31. The molecule has 2 nitrogen and oxygen atoms in total. The van der Waals surface area contributed by atoms with E-state index in [1.807, 2.05) is 0 Å². The molecule has 0 saturated carbocycles. The Morgan fingerprint density at radius 1 is 1.29 bits per heavy atom. The van der Waals surface area contributed by atoms with Crippen molar-refractivity contribution in [2.75, 3.05) is 13.2 Å². The molecule has 1 aliphatic heterocycles. The fourth-order valence-corrected chi connectivity index (χ4v) is 2.34. The van der Waals surface area contributed by atoms with Gasteiger partial charge in [0, 0.05) is 6.42 Å². The lowest BCUT2D eigenvalue weighted by Crippen LogP contribution is -2.24. The molecule has 0 aliphatic carbocycles. The normalized spacial score (nSPS) is 16.5. The molecule has 1 aliphatic rings. The van der Waals surface area contributed by atoms with E-state index in [0.717, 1.165) is 31.8 Å². The number of likely N-dealkylation sites (N-methyl/N-ethyl adjacent to an activating group) is 1. The van der Waals surface area contributed by atoms with Gasteiger partial charge in [0.05, 0.1) is 12.6 Å². The highest BCUT2D eigenvalue weighted by molar-refractivity contribution is 5.34. The van der Waals surface area contributed by atoms with Gasteiger partial charge in [-0.15, -0.1) is 0 Å². The first kappa shape index (κ1) is 12.2. The third kappa shape index (κ3) is 2.70. The van der Waals surface area contributed by atoms with E-state index in [1.54, 1.807) is 0 Å². The highest BCUT2D eigenvalue weighted by Crippen LogP contribution is 2.28. The van der Waals surface area contributed by atoms with Gasteiger partial charge in [0.1, 0.15) is 5.76 Å². The van der Waals surface area contributed by atoms with E-state index in [9.17, 15) is 0 Å². The van der Waals surface area contributed by atoms with Gasteiger partial charge in [0.25, 0.3) is 0 Å². The number of ether oxygens (including phenoxy) is 1. The van der Waals surface area contributed by atoms with Crippen LogP contribution in [0.2, 0.25) is 0 Å². The van der Waals surface area contributed by atoms with E-state index in [2.05, 4.69) is 49.5 Å². The minimum atomic E-state index is 0.221. The minimum Gasteiger partial charge on any atom is -0.496 e. The van der Waals surface area contributed by atoms with Crippen LogP contribution in [0.5, 0.6) is 0 Å². The Labute approximate surface area is 104 Å². The lowest BCUT2D eigenvalue weighted by molar-refractivity contribution is 0.216. The largest absolute Gasteiger partial charge is 0.496 e. The van der Waals surface area contributed by atoms with Crippen molar-refractivity contribution in [1.82, 2.24) is 5.32 Å². The molecule has 1 unspecified atom stereocenters. The highest BCUT2D eigenvalue weighted by atomic mass is 16.5. The van der Waals surface area contributed by atoms with Crippen molar-refractivity contribution in [1.29, 1.82) is 0 Å². The van der Waals surface area contributed by atoms with Crippen LogP contribution in [0.1, 0.15) is 37.4 Å². The lowest BCUT2D eigenvalue weighted by Gasteiger charge is -2.22. The molecule has 0 amide bonds. The molecule has 0 bridgehead atoms. The molecule has 2 heteroatoms. The van der Waals surface area contributed by atoms with Crippen LogP contribution in [-0.4, -0.2) is 13.2 Å². The smallest absolute Gasteiger partial charge is 0.114 e. The maximum Gasteiger partial charge on any atom is 0.114 e. The Bertz CT molecular complexity index is 398. The van der Waals surface area contributed by atoms with E-state index in [-0.39, 0.29) is 6.04 Å². The zero-order valence-corrected chi connectivity index (χ0v) is 10.7. The molecule has 0 fully saturated rings. The maximum atomic E-state index is 5.72. The van der Waals surface area contributed by atoms with Crippen molar-refractivity contribution in [3.63, 3.8) is 0 Å². The molecule has 1 heterocycles. The fraction of sp³-hybridized carbons (Fsp3) is 0.467. The Morgan fingerprint density at radius 3 is 2.76 bits per heavy atom. The van der Waals surface area contributed by atoms with Crippen molar-refractivity contribution in [2.24, 2.45) is 0 Å². The van der Waals surface area contributed by atoms with E-state index in [4.69, 9.17) is 4.74 Å². The van der Waals surface area contributed by atoms with E-state index in [0.29, 0.717) is 0 Å². The van der Waals surface area contributed by atoms with Crippen LogP contribution in [0.3, 0.4) is 0 Å². The molecule has 0 aromatic heterocycles. The zero-order chi connectivity index (χ0) is 12.1. The predicted octanol–water partition coefficient (Wildman–Crippen LogP) is 3.20. The summed E-state index contributed by atoms with van der Waals surface area (Å²) in [6.45, 7) is 6.11. The van der Waals surface area contributed by atoms with Crippen LogP contribution < -0.4 is 5.32 Å². The summed E-state index contributed by atoms with van der Waals surface area (Å²) >= 11 is 0. The van der Waals surface area contributed by atoms with Crippen molar-refractivity contribution in [3.8, 4) is 0 Å². The predicted molar refractivity (Wildman–Crippen MR) is 70.9 cm³/mol. The molecule has 92 valence electrons. The number of hydrogen-bond donors (Lipinski definition) is 1. The van der Waals surface area contributed by atoms with Crippen LogP contribution in [0.15, 0.2) is 36.1 Å². The summed E-state index contributed by atoms with van der Waals surface area (Å²) in [5.74, 6) is 1.09. The maximum absolute atomic E-state index is 5.72. The molecule has 1 atom stereocenters. The second kappa shape index (κ2) is 5.87. The highest BCUT2D eigenvalue weighted by Gasteiger charge is 2.21. The fourth-order valence-electron chi connectivity index (χ4n) is 2.34. The number of aryl methyl sites for hydroxylation is 1. The summed E-state index contributed by atoms with van der Waals surface area (Å²) in [4.78, 5) is 0. The number of benzene rings is 1. The van der Waals surface area contributed by atoms with Crippen LogP contribution >= 0.6 is 0 Å². The van der Waals surface area contributed by atoms with E-state index in [1.165, 1.54) is 11.1 Å². The van der Waals surface area contributed by atoms with Crippen molar-refractivity contribution < 1.29 is 4.74 Å². The molecule has 17 heavy (non-hydrogen) atoms. The monoisotopic (exact) mass is 231 g/mol. The molecule has 1 aromatic rings. The Kier molecular flexibility index (Phi) is 4.21. The summed E-state index contributed by atoms with van der Waals surface area (Å²) in [5, 5.41) is 3.52. The zero-order valence-electron chi connectivity index (χ0n) is 10.7. The van der Waals surface area contributed by atoms with Crippen molar-refractivity contribution in [3.05, 3.63) is 47.2 Å². The molecular formula is C15H21NO. The Morgan fingerprint density at radius 2 is 2.12 bits per heavy atom. The van der Waals surface area contributed by atoms with Gasteiger partial charge in [0.2, 0.25) is 0 Å². The van der Waals surface area contributed by atoms with Gasteiger partial charge in [-0.05, 0) is 30.2 Å². The van der Waals surface area contributed by atoms with E-state index < -0.39 is 0 Å². The first-order valence-corrected chi connectivity index (χ1v) is 6.50. The molecule has 1 N–H and O–H groups in total. The second-order valence-corrected chi connectivity index (χ2v) is 4.29. The SMILES string of the molecule is CCNC(C1=CCCO1)c1ccccc1CC. The quantitative estimate of drug-likeness (QED) is 0.840. The van der Waals surface area contributed by atoms with Gasteiger partial charge in [-0.1, -0.05) is 38.1 Å². The number of nitrogens with one attached hydrogen (secondary N) is 1. The summed E-state index contributed by atoms with van der Waals surface area (Å²) in [5.41, 5.74) is 2.75. The third-order valence-corrected chi connectivity index (χ3v) is 3.17. The Hall–Kier alpha value is -1.28. The third-order valence-electron chi connectivity index (χ3n) is 3.17. The molecular weight excluding hydrogens is 210 g/mol. The van der Waals surface area contributed by atoms with Crippen molar-refractivity contribution >= 4 is 0 Å². The van der Waals surface area contributed by atoms with Crippen LogP contribution in [0.4, 0.5) is 0 Å². The average molecular weight is 231 g/mol. The average Bonchev–Trinajstić information content (AvgIpc) is 2.89. The number of rotatable bonds is 5. The molecule has 0 radical (unpaired) electrons. The minimum absolute atomic E-state index is 0.221. The van der Waals surface area contributed by atoms with Gasteiger partial charge >= 0.3 is 0 Å². The van der Waals surface area contributed by atoms with Crippen LogP contribution in [0.25, 0.3) is 0 Å². The standard InChI is InChI=1S/C15H21NO/c1-3-12-8-5-6-9-13(12)15(16-4-2)14-10-7-11-17-14/h5-6,8-10,15-16H,3-4,7,11H2,1-2H3. The topological polar surface area (TPSA) is 21.3 Å². The van der Waals surface area contributed by atoms with Gasteiger partial charge in [-0.2, -0.15) is 0 Å². The van der Waals surface area contributed by atoms with Gasteiger partial charge in [-0.25, -0.2) is 0 Å². The summed E-state index contributed by atoms with van der Waals surface area (Å²) in [6, 6.07) is 8.84. The van der Waals surface area contributed by atoms with Gasteiger partial charge in [0.15, 0.2) is 0 Å². The molecule has 0 spiro atoms. The molecule has 0 saturated heterocycles. The summed E-state index contributed by atoms with van der Waals surface area (Å²) < 4.78 is 5.72. The number of hydrogen-bond acceptors (Lipinski definition) is 2. The first-order valence-electron chi connectivity index (χ1n) is 6.50.